The smallest absolute Gasteiger partial charge is 0.0908 e. The van der Waals surface area contributed by atoms with Crippen molar-refractivity contribution >= 4 is 5.84 Å². The third-order valence-corrected chi connectivity index (χ3v) is 1.53. The molecule has 0 bridgehead atoms. The van der Waals surface area contributed by atoms with Crippen LogP contribution in [-0.2, 0) is 4.74 Å². The summed E-state index contributed by atoms with van der Waals surface area (Å²) in [6.45, 7) is 5.62. The van der Waals surface area contributed by atoms with Gasteiger partial charge < -0.3 is 10.5 Å². The predicted octanol–water partition coefficient (Wildman–Crippen LogP) is 1.38. The molecule has 11 heavy (non-hydrogen) atoms. The number of nitrogens with two attached hydrogens (primary N) is 1. The van der Waals surface area contributed by atoms with E-state index in [4.69, 9.17) is 15.9 Å². The van der Waals surface area contributed by atoms with E-state index in [1.54, 1.807) is 0 Å². The molecule has 0 aromatic carbocycles. The van der Waals surface area contributed by atoms with E-state index in [2.05, 4.69) is 6.92 Å². The topological polar surface area (TPSA) is 59.1 Å². The molecule has 0 aliphatic carbocycles. The summed E-state index contributed by atoms with van der Waals surface area (Å²) in [5.74, 6) is 0.744. The maximum Gasteiger partial charge on any atom is 0.0908 e. The fraction of sp³-hybridized carbons (Fsp3) is 0.875. The molecule has 0 aliphatic rings. The minimum absolute atomic E-state index is 0.272. The first-order chi connectivity index (χ1) is 5.16. The van der Waals surface area contributed by atoms with Gasteiger partial charge >= 0.3 is 0 Å². The minimum Gasteiger partial charge on any atom is -0.388 e. The fourth-order valence-corrected chi connectivity index (χ4v) is 0.906. The van der Waals surface area contributed by atoms with Gasteiger partial charge in [-0.15, -0.1) is 0 Å². The lowest BCUT2D eigenvalue weighted by Gasteiger charge is -2.09. The zero-order chi connectivity index (χ0) is 8.69. The van der Waals surface area contributed by atoms with Gasteiger partial charge in [0.15, 0.2) is 0 Å². The molecule has 0 aromatic rings. The average molecular weight is 158 g/mol. The van der Waals surface area contributed by atoms with E-state index in [1.165, 1.54) is 0 Å². The van der Waals surface area contributed by atoms with Crippen molar-refractivity contribution in [2.24, 2.45) is 11.7 Å². The minimum atomic E-state index is 0.272. The van der Waals surface area contributed by atoms with Crippen molar-refractivity contribution in [1.29, 1.82) is 5.41 Å². The van der Waals surface area contributed by atoms with Gasteiger partial charge in [0.05, 0.1) is 5.84 Å². The van der Waals surface area contributed by atoms with Gasteiger partial charge in [-0.25, -0.2) is 0 Å². The van der Waals surface area contributed by atoms with E-state index in [-0.39, 0.29) is 5.84 Å². The monoisotopic (exact) mass is 158 g/mol. The van der Waals surface area contributed by atoms with E-state index in [0.717, 1.165) is 19.6 Å². The van der Waals surface area contributed by atoms with Crippen LogP contribution < -0.4 is 5.73 Å². The lowest BCUT2D eigenvalue weighted by molar-refractivity contribution is 0.135. The molecule has 3 nitrogen and oxygen atoms in total. The van der Waals surface area contributed by atoms with Gasteiger partial charge in [0.1, 0.15) is 0 Å². The van der Waals surface area contributed by atoms with Crippen LogP contribution in [0.5, 0.6) is 0 Å². The fourth-order valence-electron chi connectivity index (χ4n) is 0.906. The van der Waals surface area contributed by atoms with Crippen molar-refractivity contribution in [1.82, 2.24) is 0 Å². The summed E-state index contributed by atoms with van der Waals surface area (Å²) in [7, 11) is 0. The first kappa shape index (κ1) is 10.4. The Balaban J connectivity index is 3.22. The number of hydrogen-bond acceptors (Lipinski definition) is 2. The SMILES string of the molecule is CCOCCC(C)CC(=N)N. The van der Waals surface area contributed by atoms with E-state index in [0.29, 0.717) is 12.3 Å². The molecule has 0 fully saturated rings. The standard InChI is InChI=1S/C8H18N2O/c1-3-11-5-4-7(2)6-8(9)10/h7H,3-6H2,1-2H3,(H3,9,10). The zero-order valence-corrected chi connectivity index (χ0v) is 7.39. The Hall–Kier alpha value is -0.570. The lowest BCUT2D eigenvalue weighted by atomic mass is 10.0. The van der Waals surface area contributed by atoms with Crippen LogP contribution in [0.2, 0.25) is 0 Å². The summed E-state index contributed by atoms with van der Waals surface area (Å²) in [6.07, 6.45) is 1.68. The summed E-state index contributed by atoms with van der Waals surface area (Å²) < 4.78 is 5.17. The van der Waals surface area contributed by atoms with Crippen molar-refractivity contribution in [3.63, 3.8) is 0 Å². The quantitative estimate of drug-likeness (QED) is 0.348. The summed E-state index contributed by atoms with van der Waals surface area (Å²) >= 11 is 0. The molecule has 0 saturated carbocycles. The molecule has 0 radical (unpaired) electrons. The molecule has 1 atom stereocenters. The summed E-state index contributed by atoms with van der Waals surface area (Å²) in [4.78, 5) is 0. The second-order valence-electron chi connectivity index (χ2n) is 2.82. The van der Waals surface area contributed by atoms with Gasteiger partial charge in [0.25, 0.3) is 0 Å². The van der Waals surface area contributed by atoms with E-state index in [9.17, 15) is 0 Å². The van der Waals surface area contributed by atoms with Crippen molar-refractivity contribution in [2.45, 2.75) is 26.7 Å². The molecule has 0 aromatic heterocycles. The Morgan fingerprint density at radius 1 is 1.64 bits per heavy atom. The summed E-state index contributed by atoms with van der Waals surface area (Å²) in [5, 5.41) is 7.04. The normalized spacial score (nSPS) is 12.9. The third kappa shape index (κ3) is 7.33. The molecule has 3 N–H and O–H groups in total. The van der Waals surface area contributed by atoms with Crippen LogP contribution in [0.3, 0.4) is 0 Å². The van der Waals surface area contributed by atoms with Crippen molar-refractivity contribution in [3.8, 4) is 0 Å². The van der Waals surface area contributed by atoms with Gasteiger partial charge in [0, 0.05) is 19.6 Å². The van der Waals surface area contributed by atoms with Crippen LogP contribution in [0, 0.1) is 11.3 Å². The highest BCUT2D eigenvalue weighted by Gasteiger charge is 2.02. The first-order valence-electron chi connectivity index (χ1n) is 4.07. The molecule has 0 heterocycles. The van der Waals surface area contributed by atoms with Gasteiger partial charge in [0.2, 0.25) is 0 Å². The highest BCUT2D eigenvalue weighted by atomic mass is 16.5. The number of nitrogens with one attached hydrogen (secondary N) is 1. The molecule has 3 heteroatoms. The average Bonchev–Trinajstić information content (AvgIpc) is 1.86. The predicted molar refractivity (Wildman–Crippen MR) is 46.8 cm³/mol. The maximum atomic E-state index is 7.04. The Morgan fingerprint density at radius 2 is 2.27 bits per heavy atom. The molecule has 0 aliphatic heterocycles. The summed E-state index contributed by atoms with van der Waals surface area (Å²) in [5.41, 5.74) is 5.24. The second-order valence-corrected chi connectivity index (χ2v) is 2.82. The molecule has 0 rings (SSSR count). The molecular weight excluding hydrogens is 140 g/mol. The highest BCUT2D eigenvalue weighted by molar-refractivity contribution is 5.76. The van der Waals surface area contributed by atoms with Gasteiger partial charge in [-0.3, -0.25) is 5.41 Å². The van der Waals surface area contributed by atoms with Crippen LogP contribution in [0.1, 0.15) is 26.7 Å². The second kappa shape index (κ2) is 6.16. The van der Waals surface area contributed by atoms with Crippen molar-refractivity contribution in [2.75, 3.05) is 13.2 Å². The Kier molecular flexibility index (Phi) is 5.84. The lowest BCUT2D eigenvalue weighted by Crippen LogP contribution is -2.14. The molecule has 0 amide bonds. The zero-order valence-electron chi connectivity index (χ0n) is 7.39. The Morgan fingerprint density at radius 3 is 2.73 bits per heavy atom. The molecule has 0 saturated heterocycles. The first-order valence-corrected chi connectivity index (χ1v) is 4.07. The number of rotatable bonds is 6. The maximum absolute atomic E-state index is 7.04. The Bertz CT molecular complexity index is 115. The van der Waals surface area contributed by atoms with E-state index < -0.39 is 0 Å². The number of hydrogen-bond donors (Lipinski definition) is 2. The third-order valence-electron chi connectivity index (χ3n) is 1.53. The van der Waals surface area contributed by atoms with Gasteiger partial charge in [-0.1, -0.05) is 6.92 Å². The molecule has 0 spiro atoms. The molecule has 66 valence electrons. The van der Waals surface area contributed by atoms with E-state index >= 15 is 0 Å². The van der Waals surface area contributed by atoms with E-state index in [1.807, 2.05) is 6.92 Å². The van der Waals surface area contributed by atoms with Gasteiger partial charge in [-0.2, -0.15) is 0 Å². The van der Waals surface area contributed by atoms with Crippen molar-refractivity contribution < 1.29 is 4.74 Å². The Labute approximate surface area is 68.4 Å². The number of ether oxygens (including phenoxy) is 1. The van der Waals surface area contributed by atoms with Crippen LogP contribution in [0.25, 0.3) is 0 Å². The van der Waals surface area contributed by atoms with Gasteiger partial charge in [-0.05, 0) is 19.3 Å². The largest absolute Gasteiger partial charge is 0.388 e. The summed E-state index contributed by atoms with van der Waals surface area (Å²) in [6, 6.07) is 0. The van der Waals surface area contributed by atoms with Crippen molar-refractivity contribution in [3.05, 3.63) is 0 Å². The molecular formula is C8H18N2O. The highest BCUT2D eigenvalue weighted by Crippen LogP contribution is 2.06. The van der Waals surface area contributed by atoms with Crippen LogP contribution >= 0.6 is 0 Å². The van der Waals surface area contributed by atoms with Crippen LogP contribution in [-0.4, -0.2) is 19.0 Å². The molecule has 1 unspecified atom stereocenters. The van der Waals surface area contributed by atoms with Crippen LogP contribution in [0.4, 0.5) is 0 Å². The number of amidine groups is 1. The van der Waals surface area contributed by atoms with Crippen LogP contribution in [0.15, 0.2) is 0 Å².